The number of rotatable bonds is 3. The molecule has 0 unspecified atom stereocenters. The van der Waals surface area contributed by atoms with Gasteiger partial charge in [0.25, 0.3) is 0 Å². The molecule has 0 aromatic rings. The Labute approximate surface area is 64.4 Å². The van der Waals surface area contributed by atoms with Crippen LogP contribution in [0.1, 0.15) is 19.3 Å². The molecule has 0 aliphatic heterocycles. The van der Waals surface area contributed by atoms with Crippen LogP contribution in [0.2, 0.25) is 0 Å². The molecule has 1 rings (SSSR count). The summed E-state index contributed by atoms with van der Waals surface area (Å²) >= 11 is 0. The van der Waals surface area contributed by atoms with Crippen molar-refractivity contribution in [3.8, 4) is 0 Å². The summed E-state index contributed by atoms with van der Waals surface area (Å²) in [6.07, 6.45) is 0.953. The van der Waals surface area contributed by atoms with Gasteiger partial charge in [0.2, 0.25) is 0 Å². The first-order valence-electron chi connectivity index (χ1n) is 3.66. The molecule has 0 atom stereocenters. The lowest BCUT2D eigenvalue weighted by Crippen LogP contribution is -2.51. The maximum absolute atomic E-state index is 11.9. The van der Waals surface area contributed by atoms with Crippen LogP contribution in [0.3, 0.4) is 0 Å². The molecule has 0 aromatic carbocycles. The summed E-state index contributed by atoms with van der Waals surface area (Å²) in [7, 11) is 0. The zero-order valence-corrected chi connectivity index (χ0v) is 6.22. The Balaban J connectivity index is 2.53. The second kappa shape index (κ2) is 2.77. The third-order valence-electron chi connectivity index (χ3n) is 2.33. The number of halogens is 1. The summed E-state index contributed by atoms with van der Waals surface area (Å²) in [5, 5.41) is 8.71. The number of alkyl halides is 1. The largest absolute Gasteiger partial charge is 0.481 e. The van der Waals surface area contributed by atoms with E-state index in [0.29, 0.717) is 12.8 Å². The fourth-order valence-corrected chi connectivity index (χ4v) is 1.61. The number of aliphatic carboxylic acids is 1. The van der Waals surface area contributed by atoms with E-state index in [9.17, 15) is 9.18 Å². The minimum atomic E-state index is -0.906. The lowest BCUT2D eigenvalue weighted by molar-refractivity contribution is -0.156. The first-order valence-corrected chi connectivity index (χ1v) is 3.66. The minimum absolute atomic E-state index is 0.0438. The van der Waals surface area contributed by atoms with Crippen LogP contribution in [0, 0.1) is 5.41 Å². The van der Waals surface area contributed by atoms with Crippen molar-refractivity contribution in [1.82, 2.24) is 0 Å². The Morgan fingerprint density at radius 1 is 1.73 bits per heavy atom. The van der Waals surface area contributed by atoms with E-state index in [0.717, 1.165) is 0 Å². The number of hydrogen-bond acceptors (Lipinski definition) is 2. The smallest absolute Gasteiger partial charge is 0.309 e. The van der Waals surface area contributed by atoms with Gasteiger partial charge in [-0.15, -0.1) is 0 Å². The lowest BCUT2D eigenvalue weighted by Gasteiger charge is -2.42. The maximum atomic E-state index is 11.9. The Kier molecular flexibility index (Phi) is 2.13. The Hall–Kier alpha value is -0.640. The zero-order valence-electron chi connectivity index (χ0n) is 6.22. The number of carbonyl (C=O) groups is 1. The van der Waals surface area contributed by atoms with E-state index in [1.165, 1.54) is 0 Å². The van der Waals surface area contributed by atoms with E-state index in [1.807, 2.05) is 0 Å². The molecule has 3 N–H and O–H groups in total. The van der Waals surface area contributed by atoms with Crippen LogP contribution < -0.4 is 5.73 Å². The monoisotopic (exact) mass is 161 g/mol. The molecule has 1 fully saturated rings. The molecule has 0 saturated heterocycles. The highest BCUT2D eigenvalue weighted by molar-refractivity contribution is 5.76. The summed E-state index contributed by atoms with van der Waals surface area (Å²) in [6.45, 7) is -0.570. The SMILES string of the molecule is NC1CC(CCF)(C(=O)O)C1. The van der Waals surface area contributed by atoms with Crippen molar-refractivity contribution in [2.75, 3.05) is 6.67 Å². The molecule has 1 saturated carbocycles. The van der Waals surface area contributed by atoms with Crippen molar-refractivity contribution in [3.63, 3.8) is 0 Å². The average molecular weight is 161 g/mol. The number of carboxylic acids is 1. The highest BCUT2D eigenvalue weighted by Gasteiger charge is 2.48. The maximum Gasteiger partial charge on any atom is 0.309 e. The molecule has 1 aliphatic carbocycles. The fourth-order valence-electron chi connectivity index (χ4n) is 1.61. The normalized spacial score (nSPS) is 36.4. The molecule has 0 spiro atoms. The molecular formula is C7H12FNO2. The first-order chi connectivity index (χ1) is 5.10. The second-order valence-electron chi connectivity index (χ2n) is 3.19. The van der Waals surface area contributed by atoms with Gasteiger partial charge in [-0.3, -0.25) is 9.18 Å². The summed E-state index contributed by atoms with van der Waals surface area (Å²) < 4.78 is 11.9. The molecule has 11 heavy (non-hydrogen) atoms. The number of hydrogen-bond donors (Lipinski definition) is 2. The molecular weight excluding hydrogens is 149 g/mol. The summed E-state index contributed by atoms with van der Waals surface area (Å²) in [5.74, 6) is -0.906. The average Bonchev–Trinajstić information content (AvgIpc) is 1.84. The third kappa shape index (κ3) is 1.35. The van der Waals surface area contributed by atoms with Crippen molar-refractivity contribution in [2.24, 2.45) is 11.1 Å². The van der Waals surface area contributed by atoms with E-state index in [2.05, 4.69) is 0 Å². The molecule has 0 aromatic heterocycles. The van der Waals surface area contributed by atoms with Gasteiger partial charge in [-0.05, 0) is 19.3 Å². The molecule has 0 radical (unpaired) electrons. The van der Waals surface area contributed by atoms with E-state index < -0.39 is 18.1 Å². The molecule has 1 aliphatic rings. The van der Waals surface area contributed by atoms with E-state index in [1.54, 1.807) is 0 Å². The topological polar surface area (TPSA) is 63.3 Å². The molecule has 0 bridgehead atoms. The molecule has 4 heteroatoms. The standard InChI is InChI=1S/C7H12FNO2/c8-2-1-7(6(10)11)3-5(9)4-7/h5H,1-4,9H2,(H,10,11). The molecule has 3 nitrogen and oxygen atoms in total. The van der Waals surface area contributed by atoms with Crippen LogP contribution in [0.4, 0.5) is 4.39 Å². The van der Waals surface area contributed by atoms with E-state index in [4.69, 9.17) is 10.8 Å². The Bertz CT molecular complexity index is 160. The van der Waals surface area contributed by atoms with Gasteiger partial charge in [0.05, 0.1) is 12.1 Å². The fraction of sp³-hybridized carbons (Fsp3) is 0.857. The van der Waals surface area contributed by atoms with Crippen LogP contribution in [0.15, 0.2) is 0 Å². The Morgan fingerprint density at radius 3 is 2.55 bits per heavy atom. The van der Waals surface area contributed by atoms with E-state index >= 15 is 0 Å². The van der Waals surface area contributed by atoms with Crippen molar-refractivity contribution >= 4 is 5.97 Å². The van der Waals surface area contributed by atoms with Crippen LogP contribution in [-0.2, 0) is 4.79 Å². The minimum Gasteiger partial charge on any atom is -0.481 e. The van der Waals surface area contributed by atoms with Gasteiger partial charge in [-0.1, -0.05) is 0 Å². The van der Waals surface area contributed by atoms with Gasteiger partial charge >= 0.3 is 5.97 Å². The molecule has 64 valence electrons. The lowest BCUT2D eigenvalue weighted by atomic mass is 9.64. The van der Waals surface area contributed by atoms with Crippen LogP contribution in [0.25, 0.3) is 0 Å². The number of carboxylic acid groups (broad SMARTS) is 1. The predicted octanol–water partition coefficient (Wildman–Crippen LogP) is 0.538. The predicted molar refractivity (Wildman–Crippen MR) is 37.9 cm³/mol. The van der Waals surface area contributed by atoms with E-state index in [-0.39, 0.29) is 12.5 Å². The van der Waals surface area contributed by atoms with Gasteiger partial charge in [0.1, 0.15) is 0 Å². The number of nitrogens with two attached hydrogens (primary N) is 1. The zero-order chi connectivity index (χ0) is 8.48. The summed E-state index contributed by atoms with van der Waals surface area (Å²) in [6, 6.07) is -0.0438. The first kappa shape index (κ1) is 8.46. The van der Waals surface area contributed by atoms with Gasteiger partial charge in [0, 0.05) is 6.04 Å². The second-order valence-corrected chi connectivity index (χ2v) is 3.19. The van der Waals surface area contributed by atoms with Crippen LogP contribution in [0.5, 0.6) is 0 Å². The molecule has 0 amide bonds. The van der Waals surface area contributed by atoms with Gasteiger partial charge in [0.15, 0.2) is 0 Å². The molecule has 0 heterocycles. The highest BCUT2D eigenvalue weighted by atomic mass is 19.1. The Morgan fingerprint density at radius 2 is 2.27 bits per heavy atom. The quantitative estimate of drug-likeness (QED) is 0.635. The van der Waals surface area contributed by atoms with Gasteiger partial charge < -0.3 is 10.8 Å². The van der Waals surface area contributed by atoms with Crippen molar-refractivity contribution in [1.29, 1.82) is 0 Å². The van der Waals surface area contributed by atoms with Crippen LogP contribution in [-0.4, -0.2) is 23.8 Å². The van der Waals surface area contributed by atoms with Crippen LogP contribution >= 0.6 is 0 Å². The highest BCUT2D eigenvalue weighted by Crippen LogP contribution is 2.43. The summed E-state index contributed by atoms with van der Waals surface area (Å²) in [4.78, 5) is 10.6. The van der Waals surface area contributed by atoms with Gasteiger partial charge in [-0.2, -0.15) is 0 Å². The van der Waals surface area contributed by atoms with Crippen molar-refractivity contribution in [2.45, 2.75) is 25.3 Å². The van der Waals surface area contributed by atoms with Crippen molar-refractivity contribution < 1.29 is 14.3 Å². The third-order valence-corrected chi connectivity index (χ3v) is 2.33. The van der Waals surface area contributed by atoms with Gasteiger partial charge in [-0.25, -0.2) is 0 Å². The van der Waals surface area contributed by atoms with Crippen molar-refractivity contribution in [3.05, 3.63) is 0 Å². The summed E-state index contributed by atoms with van der Waals surface area (Å²) in [5.41, 5.74) is 4.60.